The molecule has 0 aliphatic carbocycles. The van der Waals surface area contributed by atoms with Crippen molar-refractivity contribution in [2.45, 2.75) is 38.6 Å². The van der Waals surface area contributed by atoms with Crippen LogP contribution in [0.5, 0.6) is 0 Å². The molecular formula is C13H22N2O3. The second-order valence-corrected chi connectivity index (χ2v) is 5.52. The lowest BCUT2D eigenvalue weighted by atomic mass is 9.99. The van der Waals surface area contributed by atoms with Crippen molar-refractivity contribution in [1.82, 2.24) is 10.2 Å². The standard InChI is InChI=1S/C13H22N2O3/c1-9-7-15(8-10(9)13(17)18)12(16)11-5-3-2-4-6-14-11/h9-11,14H,2-8H2,1H3,(H,17,18). The maximum absolute atomic E-state index is 12.3. The van der Waals surface area contributed by atoms with E-state index in [1.54, 1.807) is 4.90 Å². The molecular weight excluding hydrogens is 232 g/mol. The normalized spacial score (nSPS) is 33.2. The zero-order valence-electron chi connectivity index (χ0n) is 10.9. The van der Waals surface area contributed by atoms with Gasteiger partial charge in [0.25, 0.3) is 0 Å². The molecule has 0 aromatic carbocycles. The quantitative estimate of drug-likeness (QED) is 0.761. The Morgan fingerprint density at radius 2 is 2.00 bits per heavy atom. The van der Waals surface area contributed by atoms with E-state index in [2.05, 4.69) is 5.32 Å². The Balaban J connectivity index is 1.95. The van der Waals surface area contributed by atoms with E-state index in [1.165, 1.54) is 6.42 Å². The monoisotopic (exact) mass is 254 g/mol. The van der Waals surface area contributed by atoms with Crippen LogP contribution in [0.2, 0.25) is 0 Å². The largest absolute Gasteiger partial charge is 0.481 e. The zero-order valence-corrected chi connectivity index (χ0v) is 10.9. The second-order valence-electron chi connectivity index (χ2n) is 5.52. The predicted molar refractivity (Wildman–Crippen MR) is 67.1 cm³/mol. The second kappa shape index (κ2) is 5.69. The van der Waals surface area contributed by atoms with Crippen molar-refractivity contribution in [1.29, 1.82) is 0 Å². The number of aliphatic carboxylic acids is 1. The van der Waals surface area contributed by atoms with Crippen molar-refractivity contribution in [2.75, 3.05) is 19.6 Å². The molecule has 3 unspecified atom stereocenters. The Labute approximate surface area is 108 Å². The molecule has 3 atom stereocenters. The first kappa shape index (κ1) is 13.3. The number of rotatable bonds is 2. The number of carboxylic acid groups (broad SMARTS) is 1. The number of nitrogens with zero attached hydrogens (tertiary/aromatic N) is 1. The van der Waals surface area contributed by atoms with Crippen LogP contribution in [0, 0.1) is 11.8 Å². The molecule has 0 bridgehead atoms. The van der Waals surface area contributed by atoms with E-state index < -0.39 is 11.9 Å². The molecule has 1 amide bonds. The van der Waals surface area contributed by atoms with Gasteiger partial charge in [0.05, 0.1) is 12.0 Å². The Morgan fingerprint density at radius 3 is 2.67 bits per heavy atom. The lowest BCUT2D eigenvalue weighted by Crippen LogP contribution is -2.45. The molecule has 102 valence electrons. The van der Waals surface area contributed by atoms with E-state index in [-0.39, 0.29) is 17.9 Å². The lowest BCUT2D eigenvalue weighted by molar-refractivity contribution is -0.142. The van der Waals surface area contributed by atoms with Gasteiger partial charge in [0.1, 0.15) is 0 Å². The summed E-state index contributed by atoms with van der Waals surface area (Å²) in [7, 11) is 0. The number of carbonyl (C=O) groups excluding carboxylic acids is 1. The number of likely N-dealkylation sites (tertiary alicyclic amines) is 1. The molecule has 2 rings (SSSR count). The number of carbonyl (C=O) groups is 2. The Kier molecular flexibility index (Phi) is 4.22. The number of hydrogen-bond donors (Lipinski definition) is 2. The average molecular weight is 254 g/mol. The third-order valence-electron chi connectivity index (χ3n) is 4.10. The zero-order chi connectivity index (χ0) is 13.1. The lowest BCUT2D eigenvalue weighted by Gasteiger charge is -2.23. The van der Waals surface area contributed by atoms with Crippen molar-refractivity contribution >= 4 is 11.9 Å². The summed E-state index contributed by atoms with van der Waals surface area (Å²) < 4.78 is 0. The average Bonchev–Trinajstić information content (AvgIpc) is 2.56. The minimum Gasteiger partial charge on any atom is -0.481 e. The van der Waals surface area contributed by atoms with Crippen molar-refractivity contribution in [2.24, 2.45) is 11.8 Å². The minimum absolute atomic E-state index is 0.0530. The molecule has 0 saturated carbocycles. The highest BCUT2D eigenvalue weighted by Crippen LogP contribution is 2.24. The number of amides is 1. The van der Waals surface area contributed by atoms with Gasteiger partial charge in [-0.15, -0.1) is 0 Å². The summed E-state index contributed by atoms with van der Waals surface area (Å²) in [6.07, 6.45) is 4.25. The van der Waals surface area contributed by atoms with Crippen molar-refractivity contribution < 1.29 is 14.7 Å². The van der Waals surface area contributed by atoms with Gasteiger partial charge in [0, 0.05) is 13.1 Å². The van der Waals surface area contributed by atoms with Crippen LogP contribution in [0.15, 0.2) is 0 Å². The van der Waals surface area contributed by atoms with Crippen LogP contribution >= 0.6 is 0 Å². The van der Waals surface area contributed by atoms with E-state index in [0.717, 1.165) is 25.8 Å². The van der Waals surface area contributed by atoms with Crippen molar-refractivity contribution in [3.63, 3.8) is 0 Å². The van der Waals surface area contributed by atoms with Gasteiger partial charge in [-0.25, -0.2) is 0 Å². The molecule has 2 fully saturated rings. The molecule has 18 heavy (non-hydrogen) atoms. The van der Waals surface area contributed by atoms with Crippen LogP contribution in [0.4, 0.5) is 0 Å². The molecule has 2 aliphatic heterocycles. The fourth-order valence-electron chi connectivity index (χ4n) is 2.93. The molecule has 2 saturated heterocycles. The summed E-state index contributed by atoms with van der Waals surface area (Å²) in [6, 6.07) is -0.104. The molecule has 2 heterocycles. The number of hydrogen-bond acceptors (Lipinski definition) is 3. The van der Waals surface area contributed by atoms with Gasteiger partial charge < -0.3 is 15.3 Å². The Hall–Kier alpha value is -1.10. The van der Waals surface area contributed by atoms with Crippen LogP contribution < -0.4 is 5.32 Å². The maximum atomic E-state index is 12.3. The molecule has 0 spiro atoms. The van der Waals surface area contributed by atoms with E-state index in [9.17, 15) is 9.59 Å². The summed E-state index contributed by atoms with van der Waals surface area (Å²) in [5, 5.41) is 12.4. The molecule has 0 aromatic rings. The molecule has 2 aliphatic rings. The molecule has 5 nitrogen and oxygen atoms in total. The smallest absolute Gasteiger partial charge is 0.308 e. The summed E-state index contributed by atoms with van der Waals surface area (Å²) >= 11 is 0. The van der Waals surface area contributed by atoms with E-state index in [4.69, 9.17) is 5.11 Å². The fraction of sp³-hybridized carbons (Fsp3) is 0.846. The van der Waals surface area contributed by atoms with Crippen molar-refractivity contribution in [3.05, 3.63) is 0 Å². The van der Waals surface area contributed by atoms with Crippen LogP contribution in [-0.2, 0) is 9.59 Å². The van der Waals surface area contributed by atoms with Crippen LogP contribution in [0.1, 0.15) is 32.6 Å². The van der Waals surface area contributed by atoms with E-state index >= 15 is 0 Å². The predicted octanol–water partition coefficient (Wildman–Crippen LogP) is 0.698. The molecule has 5 heteroatoms. The van der Waals surface area contributed by atoms with Gasteiger partial charge in [0.2, 0.25) is 5.91 Å². The summed E-state index contributed by atoms with van der Waals surface area (Å²) in [6.45, 7) is 3.75. The number of carboxylic acids is 1. The fourth-order valence-corrected chi connectivity index (χ4v) is 2.93. The third kappa shape index (κ3) is 2.83. The van der Waals surface area contributed by atoms with E-state index in [0.29, 0.717) is 13.1 Å². The molecule has 2 N–H and O–H groups in total. The summed E-state index contributed by atoms with van der Waals surface area (Å²) in [5.41, 5.74) is 0. The minimum atomic E-state index is -0.786. The first-order valence-electron chi connectivity index (χ1n) is 6.84. The molecule has 0 radical (unpaired) electrons. The van der Waals surface area contributed by atoms with Crippen LogP contribution in [-0.4, -0.2) is 47.6 Å². The topological polar surface area (TPSA) is 69.6 Å². The first-order valence-corrected chi connectivity index (χ1v) is 6.84. The highest BCUT2D eigenvalue weighted by molar-refractivity contribution is 5.83. The van der Waals surface area contributed by atoms with Gasteiger partial charge in [-0.1, -0.05) is 19.8 Å². The summed E-state index contributed by atoms with van der Waals surface area (Å²) in [4.78, 5) is 25.1. The first-order chi connectivity index (χ1) is 8.59. The van der Waals surface area contributed by atoms with Gasteiger partial charge >= 0.3 is 5.97 Å². The Bertz CT molecular complexity index is 324. The van der Waals surface area contributed by atoms with Crippen LogP contribution in [0.25, 0.3) is 0 Å². The maximum Gasteiger partial charge on any atom is 0.308 e. The molecule has 0 aromatic heterocycles. The number of nitrogens with one attached hydrogen (secondary N) is 1. The van der Waals surface area contributed by atoms with Gasteiger partial charge in [-0.05, 0) is 25.3 Å². The summed E-state index contributed by atoms with van der Waals surface area (Å²) in [5.74, 6) is -1.05. The van der Waals surface area contributed by atoms with Gasteiger partial charge in [-0.3, -0.25) is 9.59 Å². The van der Waals surface area contributed by atoms with Gasteiger partial charge in [0.15, 0.2) is 0 Å². The third-order valence-corrected chi connectivity index (χ3v) is 4.10. The van der Waals surface area contributed by atoms with Crippen molar-refractivity contribution in [3.8, 4) is 0 Å². The SMILES string of the molecule is CC1CN(C(=O)C2CCCCCN2)CC1C(=O)O. The highest BCUT2D eigenvalue weighted by Gasteiger charge is 2.38. The van der Waals surface area contributed by atoms with E-state index in [1.807, 2.05) is 6.92 Å². The Morgan fingerprint density at radius 1 is 1.22 bits per heavy atom. The van der Waals surface area contributed by atoms with Crippen LogP contribution in [0.3, 0.4) is 0 Å². The van der Waals surface area contributed by atoms with Gasteiger partial charge in [-0.2, -0.15) is 0 Å². The highest BCUT2D eigenvalue weighted by atomic mass is 16.4.